The first-order chi connectivity index (χ1) is 10.6. The van der Waals surface area contributed by atoms with Crippen LogP contribution in [0.5, 0.6) is 0 Å². The average molecular weight is 321 g/mol. The predicted octanol–water partition coefficient (Wildman–Crippen LogP) is 1.29. The number of primary amides is 1. The van der Waals surface area contributed by atoms with Gasteiger partial charge in [0.1, 0.15) is 16.6 Å². The van der Waals surface area contributed by atoms with E-state index in [1.165, 1.54) is 23.7 Å². The molecule has 2 heterocycles. The van der Waals surface area contributed by atoms with Gasteiger partial charge in [-0.05, 0) is 29.2 Å². The molecule has 3 N–H and O–H groups in total. The molecule has 0 radical (unpaired) electrons. The van der Waals surface area contributed by atoms with Gasteiger partial charge in [0.2, 0.25) is 0 Å². The van der Waals surface area contributed by atoms with Gasteiger partial charge in [0.05, 0.1) is 6.04 Å². The lowest BCUT2D eigenvalue weighted by atomic mass is 10.1. The number of rotatable bonds is 3. The Balaban J connectivity index is 1.75. The summed E-state index contributed by atoms with van der Waals surface area (Å²) in [6.45, 7) is 1.90. The predicted molar refractivity (Wildman–Crippen MR) is 81.0 cm³/mol. The number of nitrogens with one attached hydrogen (secondary N) is 1. The van der Waals surface area contributed by atoms with Crippen molar-refractivity contribution in [2.45, 2.75) is 12.5 Å². The summed E-state index contributed by atoms with van der Waals surface area (Å²) in [4.78, 5) is 17.6. The number of nitrogens with zero attached hydrogens (tertiary/aromatic N) is 3. The van der Waals surface area contributed by atoms with E-state index < -0.39 is 6.03 Å². The van der Waals surface area contributed by atoms with Crippen molar-refractivity contribution < 1.29 is 9.18 Å². The van der Waals surface area contributed by atoms with Gasteiger partial charge in [-0.3, -0.25) is 0 Å². The molecule has 8 heteroatoms. The van der Waals surface area contributed by atoms with E-state index in [4.69, 9.17) is 5.73 Å². The normalized spacial score (nSPS) is 18.4. The highest BCUT2D eigenvalue weighted by Crippen LogP contribution is 2.24. The third kappa shape index (κ3) is 3.23. The van der Waals surface area contributed by atoms with Gasteiger partial charge in [0, 0.05) is 26.1 Å². The van der Waals surface area contributed by atoms with Gasteiger partial charge in [-0.1, -0.05) is 12.1 Å². The minimum Gasteiger partial charge on any atom is -0.351 e. The van der Waals surface area contributed by atoms with Crippen molar-refractivity contribution in [1.29, 1.82) is 0 Å². The highest BCUT2D eigenvalue weighted by molar-refractivity contribution is 7.05. The van der Waals surface area contributed by atoms with E-state index in [1.807, 2.05) is 0 Å². The third-order valence-corrected chi connectivity index (χ3v) is 4.42. The molecule has 2 amide bonds. The van der Waals surface area contributed by atoms with Crippen LogP contribution in [-0.4, -0.2) is 39.9 Å². The lowest BCUT2D eigenvalue weighted by Crippen LogP contribution is -2.50. The number of urea groups is 1. The second-order valence-electron chi connectivity index (χ2n) is 5.10. The zero-order valence-electron chi connectivity index (χ0n) is 11.8. The summed E-state index contributed by atoms with van der Waals surface area (Å²) in [6, 6.07) is 5.65. The van der Waals surface area contributed by atoms with E-state index in [-0.39, 0.29) is 11.9 Å². The number of carbonyl (C=O) groups excluding carboxylic acids is 1. The number of amides is 2. The topological polar surface area (TPSA) is 84.1 Å². The van der Waals surface area contributed by atoms with Crippen LogP contribution in [0.1, 0.15) is 22.4 Å². The highest BCUT2D eigenvalue weighted by Gasteiger charge is 2.29. The van der Waals surface area contributed by atoms with Crippen molar-refractivity contribution in [3.8, 4) is 0 Å². The van der Waals surface area contributed by atoms with Gasteiger partial charge in [-0.25, -0.2) is 14.2 Å². The molecule has 0 spiro atoms. The van der Waals surface area contributed by atoms with Gasteiger partial charge >= 0.3 is 6.03 Å². The molecule has 1 fully saturated rings. The van der Waals surface area contributed by atoms with Crippen LogP contribution in [0.3, 0.4) is 0 Å². The zero-order valence-corrected chi connectivity index (χ0v) is 12.6. The van der Waals surface area contributed by atoms with Crippen molar-refractivity contribution in [3.63, 3.8) is 0 Å². The first kappa shape index (κ1) is 14.9. The van der Waals surface area contributed by atoms with Crippen molar-refractivity contribution in [2.24, 2.45) is 5.73 Å². The summed E-state index contributed by atoms with van der Waals surface area (Å²) in [5.41, 5.74) is 6.36. The Morgan fingerprint density at radius 1 is 1.45 bits per heavy atom. The summed E-state index contributed by atoms with van der Waals surface area (Å²) in [5.74, 6) is 0.405. The third-order valence-electron chi connectivity index (χ3n) is 3.57. The molecule has 22 heavy (non-hydrogen) atoms. The summed E-state index contributed by atoms with van der Waals surface area (Å²) in [7, 11) is 0. The lowest BCUT2D eigenvalue weighted by molar-refractivity contribution is 0.167. The molecule has 0 bridgehead atoms. The molecule has 1 aromatic carbocycles. The van der Waals surface area contributed by atoms with Crippen LogP contribution in [0.25, 0.3) is 0 Å². The largest absolute Gasteiger partial charge is 0.351 e. The Kier molecular flexibility index (Phi) is 4.30. The highest BCUT2D eigenvalue weighted by atomic mass is 32.1. The van der Waals surface area contributed by atoms with E-state index in [0.717, 1.165) is 17.1 Å². The monoisotopic (exact) mass is 321 g/mol. The van der Waals surface area contributed by atoms with Crippen LogP contribution in [-0.2, 0) is 6.42 Å². The van der Waals surface area contributed by atoms with Gasteiger partial charge in [0.15, 0.2) is 0 Å². The average Bonchev–Trinajstić information content (AvgIpc) is 2.98. The molecule has 1 aliphatic rings. The summed E-state index contributed by atoms with van der Waals surface area (Å²) in [5, 5.41) is 4.00. The van der Waals surface area contributed by atoms with Crippen LogP contribution in [0.2, 0.25) is 0 Å². The number of nitrogens with two attached hydrogens (primary N) is 1. The summed E-state index contributed by atoms with van der Waals surface area (Å²) < 4.78 is 17.2. The van der Waals surface area contributed by atoms with Gasteiger partial charge in [-0.2, -0.15) is 4.37 Å². The molecule has 1 atom stereocenters. The Hall–Kier alpha value is -2.06. The molecule has 1 aliphatic heterocycles. The molecule has 0 saturated carbocycles. The van der Waals surface area contributed by atoms with Crippen LogP contribution in [0, 0.1) is 5.82 Å². The summed E-state index contributed by atoms with van der Waals surface area (Å²) >= 11 is 1.27. The number of benzene rings is 1. The molecule has 0 aliphatic carbocycles. The number of hydrogen-bond donors (Lipinski definition) is 2. The molecule has 1 aromatic heterocycles. The number of hydrogen-bond acceptors (Lipinski definition) is 5. The number of carbonyl (C=O) groups is 1. The maximum absolute atomic E-state index is 12.9. The Morgan fingerprint density at radius 3 is 2.95 bits per heavy atom. The second kappa shape index (κ2) is 6.37. The summed E-state index contributed by atoms with van der Waals surface area (Å²) in [6.07, 6.45) is 0.535. The smallest absolute Gasteiger partial charge is 0.315 e. The van der Waals surface area contributed by atoms with Crippen molar-refractivity contribution in [3.05, 3.63) is 46.5 Å². The fourth-order valence-corrected chi connectivity index (χ4v) is 3.23. The SMILES string of the molecule is NC(=O)N1CCNCC1c1nc(Cc2ccc(F)cc2)ns1. The Morgan fingerprint density at radius 2 is 2.23 bits per heavy atom. The van der Waals surface area contributed by atoms with Crippen LogP contribution < -0.4 is 11.1 Å². The van der Waals surface area contributed by atoms with E-state index in [9.17, 15) is 9.18 Å². The fourth-order valence-electron chi connectivity index (χ4n) is 2.45. The zero-order chi connectivity index (χ0) is 15.5. The number of piperazine rings is 1. The minimum atomic E-state index is -0.443. The van der Waals surface area contributed by atoms with E-state index in [2.05, 4.69) is 14.7 Å². The Bertz CT molecular complexity index is 660. The van der Waals surface area contributed by atoms with Gasteiger partial charge in [-0.15, -0.1) is 0 Å². The van der Waals surface area contributed by atoms with Crippen molar-refractivity contribution in [2.75, 3.05) is 19.6 Å². The fraction of sp³-hybridized carbons (Fsp3) is 0.357. The molecule has 3 rings (SSSR count). The number of aromatic nitrogens is 2. The molecule has 1 saturated heterocycles. The standard InChI is InChI=1S/C14H16FN5OS/c15-10-3-1-9(2-4-10)7-12-18-13(22-19-12)11-8-17-5-6-20(11)14(16)21/h1-4,11,17H,5-8H2,(H2,16,21). The molecular formula is C14H16FN5OS. The molecule has 1 unspecified atom stereocenters. The molecule has 6 nitrogen and oxygen atoms in total. The Labute approximate surface area is 131 Å². The van der Waals surface area contributed by atoms with Crippen molar-refractivity contribution in [1.82, 2.24) is 19.6 Å². The first-order valence-corrected chi connectivity index (χ1v) is 7.74. The van der Waals surface area contributed by atoms with Crippen LogP contribution in [0.4, 0.5) is 9.18 Å². The van der Waals surface area contributed by atoms with E-state index in [1.54, 1.807) is 17.0 Å². The second-order valence-corrected chi connectivity index (χ2v) is 5.89. The first-order valence-electron chi connectivity index (χ1n) is 6.97. The maximum Gasteiger partial charge on any atom is 0.315 e. The van der Waals surface area contributed by atoms with Crippen LogP contribution >= 0.6 is 11.5 Å². The number of halogens is 1. The lowest BCUT2D eigenvalue weighted by Gasteiger charge is -2.33. The molecular weight excluding hydrogens is 305 g/mol. The minimum absolute atomic E-state index is 0.175. The quantitative estimate of drug-likeness (QED) is 0.892. The maximum atomic E-state index is 12.9. The van der Waals surface area contributed by atoms with E-state index in [0.29, 0.717) is 25.3 Å². The van der Waals surface area contributed by atoms with E-state index >= 15 is 0 Å². The van der Waals surface area contributed by atoms with Crippen LogP contribution in [0.15, 0.2) is 24.3 Å². The van der Waals surface area contributed by atoms with Crippen molar-refractivity contribution >= 4 is 17.6 Å². The molecule has 2 aromatic rings. The molecule has 116 valence electrons. The van der Waals surface area contributed by atoms with Gasteiger partial charge < -0.3 is 16.0 Å². The van der Waals surface area contributed by atoms with Gasteiger partial charge in [0.25, 0.3) is 0 Å².